The first-order valence-electron chi connectivity index (χ1n) is 9.23. The molecule has 1 aromatic heterocycles. The van der Waals surface area contributed by atoms with E-state index in [1.165, 1.54) is 25.9 Å². The first-order chi connectivity index (χ1) is 11.6. The molecule has 0 radical (unpaired) electrons. The number of carbonyl (C=O) groups is 1. The molecule has 0 spiro atoms. The summed E-state index contributed by atoms with van der Waals surface area (Å²) in [7, 11) is 0. The van der Waals surface area contributed by atoms with E-state index in [2.05, 4.69) is 21.8 Å². The van der Waals surface area contributed by atoms with Gasteiger partial charge in [0.15, 0.2) is 0 Å². The smallest absolute Gasteiger partial charge is 0.259 e. The number of anilines is 1. The fraction of sp³-hybridized carbons (Fsp3) is 0.722. The third-order valence-electron chi connectivity index (χ3n) is 6.01. The number of amides is 1. The van der Waals surface area contributed by atoms with Gasteiger partial charge in [-0.25, -0.2) is 9.97 Å². The van der Waals surface area contributed by atoms with Crippen molar-refractivity contribution in [2.75, 3.05) is 31.9 Å². The summed E-state index contributed by atoms with van der Waals surface area (Å²) in [6, 6.07) is 0. The number of carbonyl (C=O) groups excluding carboxylic acids is 1. The topological polar surface area (TPSA) is 75.3 Å². The van der Waals surface area contributed by atoms with Gasteiger partial charge < -0.3 is 10.6 Å². The van der Waals surface area contributed by atoms with Crippen LogP contribution in [0.4, 0.5) is 5.82 Å². The van der Waals surface area contributed by atoms with Gasteiger partial charge in [0.1, 0.15) is 17.2 Å². The fourth-order valence-electron chi connectivity index (χ4n) is 4.05. The minimum atomic E-state index is -0.0154. The van der Waals surface area contributed by atoms with Crippen molar-refractivity contribution in [1.29, 1.82) is 0 Å². The van der Waals surface area contributed by atoms with Gasteiger partial charge in [0.25, 0.3) is 5.91 Å². The summed E-state index contributed by atoms with van der Waals surface area (Å²) in [5.41, 5.74) is 6.74. The Kier molecular flexibility index (Phi) is 3.95. The predicted octanol–water partition coefficient (Wildman–Crippen LogP) is 2.03. The van der Waals surface area contributed by atoms with E-state index in [1.807, 2.05) is 4.90 Å². The fourth-order valence-corrected chi connectivity index (χ4v) is 4.05. The monoisotopic (exact) mass is 329 g/mol. The van der Waals surface area contributed by atoms with E-state index in [9.17, 15) is 4.79 Å². The number of likely N-dealkylation sites (tertiary alicyclic amines) is 2. The molecule has 0 unspecified atom stereocenters. The number of nitrogens with zero attached hydrogens (tertiary/aromatic N) is 4. The summed E-state index contributed by atoms with van der Waals surface area (Å²) in [6.45, 7) is 6.33. The summed E-state index contributed by atoms with van der Waals surface area (Å²) < 4.78 is 0. The molecule has 4 rings (SSSR count). The molecule has 2 saturated heterocycles. The van der Waals surface area contributed by atoms with Gasteiger partial charge >= 0.3 is 0 Å². The van der Waals surface area contributed by atoms with Gasteiger partial charge in [0.05, 0.1) is 0 Å². The summed E-state index contributed by atoms with van der Waals surface area (Å²) >= 11 is 0. The molecule has 130 valence electrons. The third kappa shape index (κ3) is 2.88. The second kappa shape index (κ2) is 5.99. The van der Waals surface area contributed by atoms with Crippen molar-refractivity contribution in [3.05, 3.63) is 17.6 Å². The molecule has 6 nitrogen and oxygen atoms in total. The number of nitrogens with two attached hydrogens (primary N) is 1. The molecule has 0 aromatic carbocycles. The van der Waals surface area contributed by atoms with Gasteiger partial charge in [0, 0.05) is 30.7 Å². The Balaban J connectivity index is 1.42. The minimum absolute atomic E-state index is 0.0154. The van der Waals surface area contributed by atoms with Crippen molar-refractivity contribution in [3.8, 4) is 0 Å². The molecule has 2 N–H and O–H groups in total. The number of hydrogen-bond acceptors (Lipinski definition) is 5. The Morgan fingerprint density at radius 1 is 1.21 bits per heavy atom. The maximum absolute atomic E-state index is 12.8. The molecule has 24 heavy (non-hydrogen) atoms. The zero-order valence-electron chi connectivity index (χ0n) is 14.5. The van der Waals surface area contributed by atoms with Crippen molar-refractivity contribution in [3.63, 3.8) is 0 Å². The van der Waals surface area contributed by atoms with Crippen LogP contribution in [-0.2, 0) is 0 Å². The van der Waals surface area contributed by atoms with Crippen LogP contribution in [0.1, 0.15) is 67.5 Å². The second-order valence-corrected chi connectivity index (χ2v) is 7.78. The molecule has 1 amide bonds. The highest BCUT2D eigenvalue weighted by Gasteiger charge is 2.38. The second-order valence-electron chi connectivity index (χ2n) is 7.78. The zero-order valence-corrected chi connectivity index (χ0v) is 14.5. The molecule has 6 heteroatoms. The summed E-state index contributed by atoms with van der Waals surface area (Å²) in [5.74, 6) is 1.57. The van der Waals surface area contributed by atoms with Gasteiger partial charge in [-0.1, -0.05) is 0 Å². The van der Waals surface area contributed by atoms with Crippen LogP contribution in [0, 0.1) is 0 Å². The molecule has 3 aliphatic rings. The van der Waals surface area contributed by atoms with Crippen molar-refractivity contribution in [2.45, 2.75) is 56.9 Å². The van der Waals surface area contributed by atoms with Crippen LogP contribution in [0.5, 0.6) is 0 Å². The van der Waals surface area contributed by atoms with Gasteiger partial charge in [-0.2, -0.15) is 0 Å². The average Bonchev–Trinajstić information content (AvgIpc) is 3.28. The summed E-state index contributed by atoms with van der Waals surface area (Å²) in [6.07, 6.45) is 8.56. The number of hydrogen-bond donors (Lipinski definition) is 1. The minimum Gasteiger partial charge on any atom is -0.383 e. The lowest BCUT2D eigenvalue weighted by molar-refractivity contribution is 0.0406. The highest BCUT2D eigenvalue weighted by molar-refractivity contribution is 5.98. The SMILES string of the molecule is CC1(N2CCCC2)CCN(C(=O)c2cnc(C3CC3)nc2N)CC1. The molecule has 1 aromatic rings. The summed E-state index contributed by atoms with van der Waals surface area (Å²) in [4.78, 5) is 26.0. The summed E-state index contributed by atoms with van der Waals surface area (Å²) in [5, 5.41) is 0. The largest absolute Gasteiger partial charge is 0.383 e. The molecular formula is C18H27N5O. The standard InChI is InChI=1S/C18H27N5O/c1-18(23-8-2-3-9-23)6-10-22(11-7-18)17(24)14-12-20-16(13-4-5-13)21-15(14)19/h12-13H,2-11H2,1H3,(H2,19,20,21). The predicted molar refractivity (Wildman–Crippen MR) is 92.8 cm³/mol. The number of rotatable bonds is 3. The third-order valence-corrected chi connectivity index (χ3v) is 6.01. The Morgan fingerprint density at radius 2 is 1.88 bits per heavy atom. The molecule has 3 fully saturated rings. The molecular weight excluding hydrogens is 302 g/mol. The number of piperidine rings is 1. The molecule has 2 aliphatic heterocycles. The van der Waals surface area contributed by atoms with E-state index in [4.69, 9.17) is 5.73 Å². The lowest BCUT2D eigenvalue weighted by atomic mass is 9.87. The van der Waals surface area contributed by atoms with Crippen LogP contribution >= 0.6 is 0 Å². The van der Waals surface area contributed by atoms with Crippen molar-refractivity contribution in [2.24, 2.45) is 0 Å². The van der Waals surface area contributed by atoms with Gasteiger partial charge in [0.2, 0.25) is 0 Å². The average molecular weight is 329 g/mol. The lowest BCUT2D eigenvalue weighted by Gasteiger charge is -2.45. The van der Waals surface area contributed by atoms with Crippen molar-refractivity contribution >= 4 is 11.7 Å². The van der Waals surface area contributed by atoms with Gasteiger partial charge in [-0.15, -0.1) is 0 Å². The van der Waals surface area contributed by atoms with Crippen LogP contribution in [-0.4, -0.2) is 57.4 Å². The van der Waals surface area contributed by atoms with E-state index >= 15 is 0 Å². The quantitative estimate of drug-likeness (QED) is 0.918. The van der Waals surface area contributed by atoms with Crippen LogP contribution in [0.2, 0.25) is 0 Å². The molecule has 0 atom stereocenters. The Bertz CT molecular complexity index is 628. The van der Waals surface area contributed by atoms with Gasteiger partial charge in [-0.05, 0) is 58.5 Å². The highest BCUT2D eigenvalue weighted by Crippen LogP contribution is 2.38. The Labute approximate surface area is 143 Å². The van der Waals surface area contributed by atoms with Crippen LogP contribution in [0.3, 0.4) is 0 Å². The first-order valence-corrected chi connectivity index (χ1v) is 9.23. The van der Waals surface area contributed by atoms with Crippen molar-refractivity contribution < 1.29 is 4.79 Å². The van der Waals surface area contributed by atoms with E-state index in [1.54, 1.807) is 6.20 Å². The molecule has 0 bridgehead atoms. The normalized spacial score (nSPS) is 24.3. The lowest BCUT2D eigenvalue weighted by Crippen LogP contribution is -2.53. The molecule has 3 heterocycles. The number of aromatic nitrogens is 2. The first kappa shape index (κ1) is 15.8. The maximum atomic E-state index is 12.8. The highest BCUT2D eigenvalue weighted by atomic mass is 16.2. The maximum Gasteiger partial charge on any atom is 0.259 e. The van der Waals surface area contributed by atoms with Crippen LogP contribution in [0.15, 0.2) is 6.20 Å². The van der Waals surface area contributed by atoms with Gasteiger partial charge in [-0.3, -0.25) is 9.69 Å². The number of nitrogen functional groups attached to an aromatic ring is 1. The Morgan fingerprint density at radius 3 is 2.46 bits per heavy atom. The zero-order chi connectivity index (χ0) is 16.7. The van der Waals surface area contributed by atoms with E-state index in [-0.39, 0.29) is 11.4 Å². The van der Waals surface area contributed by atoms with E-state index in [0.717, 1.165) is 44.6 Å². The van der Waals surface area contributed by atoms with E-state index in [0.29, 0.717) is 17.3 Å². The molecule has 1 saturated carbocycles. The van der Waals surface area contributed by atoms with Crippen LogP contribution in [0.25, 0.3) is 0 Å². The van der Waals surface area contributed by atoms with Crippen molar-refractivity contribution in [1.82, 2.24) is 19.8 Å². The van der Waals surface area contributed by atoms with E-state index < -0.39 is 0 Å². The van der Waals surface area contributed by atoms with Crippen LogP contribution < -0.4 is 5.73 Å². The Hall–Kier alpha value is -1.69. The molecule has 1 aliphatic carbocycles.